The second kappa shape index (κ2) is 4.79. The number of aromatic nitrogens is 2. The molecule has 86 valence electrons. The first-order valence-electron chi connectivity index (χ1n) is 5.75. The molecular weight excluding hydrogens is 186 g/mol. The predicted octanol–water partition coefficient (Wildman–Crippen LogP) is 2.48. The smallest absolute Gasteiger partial charge is 0.0643 e. The van der Waals surface area contributed by atoms with Crippen molar-refractivity contribution < 1.29 is 0 Å². The first-order valence-corrected chi connectivity index (χ1v) is 5.75. The Balaban J connectivity index is 2.98. The standard InChI is InChI=1S/C12H23N3/c1-8(2)12-7-11(6-10(5)13)14-15(12)9(3)4/h7-10H,6,13H2,1-5H3. The number of rotatable bonds is 4. The summed E-state index contributed by atoms with van der Waals surface area (Å²) < 4.78 is 2.11. The summed E-state index contributed by atoms with van der Waals surface area (Å²) in [5.41, 5.74) is 8.21. The minimum Gasteiger partial charge on any atom is -0.328 e. The first kappa shape index (κ1) is 12.2. The quantitative estimate of drug-likeness (QED) is 0.828. The van der Waals surface area contributed by atoms with E-state index < -0.39 is 0 Å². The molecule has 0 bridgehead atoms. The summed E-state index contributed by atoms with van der Waals surface area (Å²) >= 11 is 0. The molecule has 0 saturated carbocycles. The molecule has 1 unspecified atom stereocenters. The fourth-order valence-electron chi connectivity index (χ4n) is 1.74. The molecule has 0 radical (unpaired) electrons. The molecule has 0 fully saturated rings. The zero-order chi connectivity index (χ0) is 11.6. The van der Waals surface area contributed by atoms with Crippen molar-refractivity contribution in [2.45, 2.75) is 59.0 Å². The molecule has 0 aliphatic rings. The summed E-state index contributed by atoms with van der Waals surface area (Å²) in [6, 6.07) is 2.79. The minimum absolute atomic E-state index is 0.181. The SMILES string of the molecule is CC(N)Cc1cc(C(C)C)n(C(C)C)n1. The van der Waals surface area contributed by atoms with Crippen molar-refractivity contribution in [3.05, 3.63) is 17.5 Å². The van der Waals surface area contributed by atoms with E-state index in [4.69, 9.17) is 5.73 Å². The van der Waals surface area contributed by atoms with Crippen molar-refractivity contribution in [3.8, 4) is 0 Å². The van der Waals surface area contributed by atoms with E-state index in [1.165, 1.54) is 5.69 Å². The molecule has 3 nitrogen and oxygen atoms in total. The summed E-state index contributed by atoms with van der Waals surface area (Å²) in [7, 11) is 0. The molecule has 3 heteroatoms. The third kappa shape index (κ3) is 3.06. The lowest BCUT2D eigenvalue weighted by atomic mass is 10.1. The monoisotopic (exact) mass is 209 g/mol. The van der Waals surface area contributed by atoms with Crippen LogP contribution in [0.3, 0.4) is 0 Å². The van der Waals surface area contributed by atoms with Gasteiger partial charge in [-0.3, -0.25) is 4.68 Å². The molecule has 0 aromatic carbocycles. The molecule has 2 N–H and O–H groups in total. The normalized spacial score (nSPS) is 13.9. The van der Waals surface area contributed by atoms with E-state index in [0.29, 0.717) is 12.0 Å². The Morgan fingerprint density at radius 2 is 1.87 bits per heavy atom. The van der Waals surface area contributed by atoms with E-state index in [9.17, 15) is 0 Å². The Hall–Kier alpha value is -0.830. The van der Waals surface area contributed by atoms with Gasteiger partial charge in [-0.1, -0.05) is 13.8 Å². The molecule has 1 aromatic rings. The summed E-state index contributed by atoms with van der Waals surface area (Å²) in [5, 5.41) is 4.61. The van der Waals surface area contributed by atoms with Gasteiger partial charge >= 0.3 is 0 Å². The minimum atomic E-state index is 0.181. The highest BCUT2D eigenvalue weighted by atomic mass is 15.3. The second-order valence-corrected chi connectivity index (χ2v) is 4.93. The lowest BCUT2D eigenvalue weighted by Crippen LogP contribution is -2.18. The Kier molecular flexibility index (Phi) is 3.91. The van der Waals surface area contributed by atoms with Gasteiger partial charge in [0.25, 0.3) is 0 Å². The highest BCUT2D eigenvalue weighted by Gasteiger charge is 2.13. The molecule has 0 amide bonds. The van der Waals surface area contributed by atoms with Crippen LogP contribution in [0.25, 0.3) is 0 Å². The van der Waals surface area contributed by atoms with Gasteiger partial charge in [0.15, 0.2) is 0 Å². The molecule has 0 spiro atoms. The number of hydrogen-bond donors (Lipinski definition) is 1. The molecule has 1 atom stereocenters. The van der Waals surface area contributed by atoms with Crippen LogP contribution in [0.5, 0.6) is 0 Å². The van der Waals surface area contributed by atoms with Gasteiger partial charge in [0.2, 0.25) is 0 Å². The van der Waals surface area contributed by atoms with Gasteiger partial charge in [-0.25, -0.2) is 0 Å². The Labute approximate surface area is 92.7 Å². The Bertz CT molecular complexity index is 285. The maximum absolute atomic E-state index is 5.79. The van der Waals surface area contributed by atoms with Gasteiger partial charge in [-0.15, -0.1) is 0 Å². The third-order valence-electron chi connectivity index (χ3n) is 2.43. The number of nitrogens with two attached hydrogens (primary N) is 1. The largest absolute Gasteiger partial charge is 0.328 e. The van der Waals surface area contributed by atoms with E-state index in [1.807, 2.05) is 6.92 Å². The zero-order valence-electron chi connectivity index (χ0n) is 10.5. The van der Waals surface area contributed by atoms with Crippen LogP contribution in [0.15, 0.2) is 6.07 Å². The topological polar surface area (TPSA) is 43.8 Å². The molecule has 1 heterocycles. The Morgan fingerprint density at radius 3 is 2.20 bits per heavy atom. The van der Waals surface area contributed by atoms with E-state index >= 15 is 0 Å². The van der Waals surface area contributed by atoms with E-state index in [-0.39, 0.29) is 6.04 Å². The summed E-state index contributed by atoms with van der Waals surface area (Å²) in [6.45, 7) is 10.7. The van der Waals surface area contributed by atoms with Crippen molar-refractivity contribution in [2.24, 2.45) is 5.73 Å². The average molecular weight is 209 g/mol. The van der Waals surface area contributed by atoms with Crippen molar-refractivity contribution in [1.82, 2.24) is 9.78 Å². The highest BCUT2D eigenvalue weighted by molar-refractivity contribution is 5.15. The van der Waals surface area contributed by atoms with Crippen molar-refractivity contribution >= 4 is 0 Å². The number of nitrogens with zero attached hydrogens (tertiary/aromatic N) is 2. The summed E-state index contributed by atoms with van der Waals surface area (Å²) in [4.78, 5) is 0. The summed E-state index contributed by atoms with van der Waals surface area (Å²) in [5.74, 6) is 0.515. The van der Waals surface area contributed by atoms with Gasteiger partial charge in [-0.2, -0.15) is 5.10 Å². The second-order valence-electron chi connectivity index (χ2n) is 4.93. The van der Waals surface area contributed by atoms with Crippen LogP contribution < -0.4 is 5.73 Å². The molecule has 1 aromatic heterocycles. The number of hydrogen-bond acceptors (Lipinski definition) is 2. The lowest BCUT2D eigenvalue weighted by Gasteiger charge is -2.12. The van der Waals surface area contributed by atoms with Crippen molar-refractivity contribution in [1.29, 1.82) is 0 Å². The van der Waals surface area contributed by atoms with Crippen LogP contribution in [0.2, 0.25) is 0 Å². The van der Waals surface area contributed by atoms with Crippen LogP contribution in [-0.4, -0.2) is 15.8 Å². The van der Waals surface area contributed by atoms with Gasteiger partial charge in [0.1, 0.15) is 0 Å². The van der Waals surface area contributed by atoms with Crippen LogP contribution in [0.4, 0.5) is 0 Å². The fourth-order valence-corrected chi connectivity index (χ4v) is 1.74. The maximum Gasteiger partial charge on any atom is 0.0643 e. The van der Waals surface area contributed by atoms with E-state index in [2.05, 4.69) is 43.5 Å². The summed E-state index contributed by atoms with van der Waals surface area (Å²) in [6.07, 6.45) is 0.861. The molecule has 1 rings (SSSR count). The van der Waals surface area contributed by atoms with Crippen molar-refractivity contribution in [2.75, 3.05) is 0 Å². The molecular formula is C12H23N3. The highest BCUT2D eigenvalue weighted by Crippen LogP contribution is 2.20. The maximum atomic E-state index is 5.79. The molecule has 0 aliphatic heterocycles. The first-order chi connectivity index (χ1) is 6.91. The van der Waals surface area contributed by atoms with Crippen LogP contribution in [0, 0.1) is 0 Å². The van der Waals surface area contributed by atoms with E-state index in [1.54, 1.807) is 0 Å². The van der Waals surface area contributed by atoms with Gasteiger partial charge in [0.05, 0.1) is 5.69 Å². The van der Waals surface area contributed by atoms with E-state index in [0.717, 1.165) is 12.1 Å². The predicted molar refractivity (Wildman–Crippen MR) is 64.1 cm³/mol. The van der Waals surface area contributed by atoms with Crippen molar-refractivity contribution in [3.63, 3.8) is 0 Å². The lowest BCUT2D eigenvalue weighted by molar-refractivity contribution is 0.492. The molecule has 0 aliphatic carbocycles. The van der Waals surface area contributed by atoms with Gasteiger partial charge in [0, 0.05) is 24.2 Å². The molecule has 0 saturated heterocycles. The third-order valence-corrected chi connectivity index (χ3v) is 2.43. The van der Waals surface area contributed by atoms with Crippen LogP contribution >= 0.6 is 0 Å². The Morgan fingerprint density at radius 1 is 1.27 bits per heavy atom. The molecule has 15 heavy (non-hydrogen) atoms. The van der Waals surface area contributed by atoms with Crippen LogP contribution in [0.1, 0.15) is 58.0 Å². The van der Waals surface area contributed by atoms with Gasteiger partial charge in [-0.05, 0) is 32.8 Å². The van der Waals surface area contributed by atoms with Gasteiger partial charge < -0.3 is 5.73 Å². The zero-order valence-corrected chi connectivity index (χ0v) is 10.5. The fraction of sp³-hybridized carbons (Fsp3) is 0.750. The average Bonchev–Trinajstić information content (AvgIpc) is 2.46. The van der Waals surface area contributed by atoms with Crippen LogP contribution in [-0.2, 0) is 6.42 Å².